The lowest BCUT2D eigenvalue weighted by atomic mass is 9.92. The van der Waals surface area contributed by atoms with E-state index >= 15 is 0 Å². The van der Waals surface area contributed by atoms with Gasteiger partial charge >= 0.3 is 0 Å². The number of nitrogens with zero attached hydrogens (tertiary/aromatic N) is 3. The van der Waals surface area contributed by atoms with Crippen molar-refractivity contribution in [2.24, 2.45) is 0 Å². The van der Waals surface area contributed by atoms with E-state index in [1.165, 1.54) is 11.3 Å². The quantitative estimate of drug-likeness (QED) is 0.905. The van der Waals surface area contributed by atoms with E-state index in [0.29, 0.717) is 26.3 Å². The monoisotopic (exact) mass is 306 g/mol. The minimum atomic E-state index is -0.168. The van der Waals surface area contributed by atoms with Gasteiger partial charge in [-0.05, 0) is 33.1 Å². The van der Waals surface area contributed by atoms with Crippen molar-refractivity contribution in [3.05, 3.63) is 17.5 Å². The zero-order valence-electron chi connectivity index (χ0n) is 13.5. The van der Waals surface area contributed by atoms with Crippen LogP contribution < -0.4 is 5.32 Å². The molecule has 0 aromatic carbocycles. The standard InChI is InChI=1S/C16H26N4O2/c1-3-20-15-6-4-5-14(13(15)11-17-20)18-12(2)16(21)19-7-9-22-10-8-19/h11-12,14,18H,3-10H2,1-2H3/t12-,14+/m1/s1. The van der Waals surface area contributed by atoms with Crippen LogP contribution in [0.4, 0.5) is 0 Å². The largest absolute Gasteiger partial charge is 0.378 e. The van der Waals surface area contributed by atoms with E-state index in [0.717, 1.165) is 25.8 Å². The fraction of sp³-hybridized carbons (Fsp3) is 0.750. The molecule has 1 aliphatic heterocycles. The number of carbonyl (C=O) groups excluding carboxylic acids is 1. The maximum atomic E-state index is 12.5. The molecule has 0 radical (unpaired) electrons. The van der Waals surface area contributed by atoms with Gasteiger partial charge in [0.05, 0.1) is 25.5 Å². The van der Waals surface area contributed by atoms with Crippen molar-refractivity contribution in [3.8, 4) is 0 Å². The molecule has 122 valence electrons. The Balaban J connectivity index is 1.66. The summed E-state index contributed by atoms with van der Waals surface area (Å²) in [6.07, 6.45) is 5.28. The molecule has 1 fully saturated rings. The molecule has 1 amide bonds. The van der Waals surface area contributed by atoms with Crippen LogP contribution in [0.1, 0.15) is 44.0 Å². The van der Waals surface area contributed by atoms with Crippen LogP contribution in [0.25, 0.3) is 0 Å². The van der Waals surface area contributed by atoms with Crippen LogP contribution in [0, 0.1) is 0 Å². The zero-order chi connectivity index (χ0) is 15.5. The minimum Gasteiger partial charge on any atom is -0.378 e. The smallest absolute Gasteiger partial charge is 0.239 e. The predicted molar refractivity (Wildman–Crippen MR) is 83.6 cm³/mol. The van der Waals surface area contributed by atoms with Gasteiger partial charge in [-0.1, -0.05) is 0 Å². The third-order valence-corrected chi connectivity index (χ3v) is 4.71. The molecule has 22 heavy (non-hydrogen) atoms. The van der Waals surface area contributed by atoms with E-state index in [1.54, 1.807) is 0 Å². The second-order valence-corrected chi connectivity index (χ2v) is 6.13. The van der Waals surface area contributed by atoms with Gasteiger partial charge in [0.2, 0.25) is 5.91 Å². The fourth-order valence-electron chi connectivity index (χ4n) is 3.50. The molecule has 0 unspecified atom stereocenters. The second-order valence-electron chi connectivity index (χ2n) is 6.13. The molecule has 0 bridgehead atoms. The Morgan fingerprint density at radius 1 is 1.50 bits per heavy atom. The van der Waals surface area contributed by atoms with E-state index in [2.05, 4.69) is 22.0 Å². The van der Waals surface area contributed by atoms with Gasteiger partial charge in [0.15, 0.2) is 0 Å². The van der Waals surface area contributed by atoms with Gasteiger partial charge in [-0.25, -0.2) is 0 Å². The Hall–Kier alpha value is -1.40. The molecule has 0 saturated carbocycles. The molecule has 1 aromatic rings. The van der Waals surface area contributed by atoms with Crippen LogP contribution in [0.2, 0.25) is 0 Å². The molecular weight excluding hydrogens is 280 g/mol. The number of ether oxygens (including phenoxy) is 1. The summed E-state index contributed by atoms with van der Waals surface area (Å²) in [7, 11) is 0. The summed E-state index contributed by atoms with van der Waals surface area (Å²) >= 11 is 0. The molecule has 1 saturated heterocycles. The first-order valence-electron chi connectivity index (χ1n) is 8.38. The van der Waals surface area contributed by atoms with Crippen LogP contribution in [0.15, 0.2) is 6.20 Å². The first-order valence-corrected chi connectivity index (χ1v) is 8.38. The molecule has 6 heteroatoms. The molecule has 1 aliphatic carbocycles. The lowest BCUT2D eigenvalue weighted by Gasteiger charge is -2.32. The Labute approximate surface area is 131 Å². The molecule has 2 atom stereocenters. The number of hydrogen-bond acceptors (Lipinski definition) is 4. The van der Waals surface area contributed by atoms with Crippen molar-refractivity contribution in [2.45, 2.75) is 51.7 Å². The average molecular weight is 306 g/mol. The summed E-state index contributed by atoms with van der Waals surface area (Å²) in [5.41, 5.74) is 2.60. The van der Waals surface area contributed by atoms with Crippen LogP contribution in [0.3, 0.4) is 0 Å². The number of hydrogen-bond donors (Lipinski definition) is 1. The average Bonchev–Trinajstić information content (AvgIpc) is 2.99. The van der Waals surface area contributed by atoms with Gasteiger partial charge in [-0.15, -0.1) is 0 Å². The maximum Gasteiger partial charge on any atom is 0.239 e. The highest BCUT2D eigenvalue weighted by atomic mass is 16.5. The topological polar surface area (TPSA) is 59.4 Å². The van der Waals surface area contributed by atoms with E-state index in [9.17, 15) is 4.79 Å². The van der Waals surface area contributed by atoms with Crippen molar-refractivity contribution >= 4 is 5.91 Å². The summed E-state index contributed by atoms with van der Waals surface area (Å²) in [4.78, 5) is 14.4. The van der Waals surface area contributed by atoms with Crippen molar-refractivity contribution in [1.82, 2.24) is 20.0 Å². The second kappa shape index (κ2) is 6.79. The molecule has 3 rings (SSSR count). The number of carbonyl (C=O) groups is 1. The van der Waals surface area contributed by atoms with Crippen LogP contribution in [-0.2, 0) is 22.5 Å². The molecular formula is C16H26N4O2. The Morgan fingerprint density at radius 2 is 2.27 bits per heavy atom. The number of morpholine rings is 1. The SMILES string of the molecule is CCn1ncc2c1CCC[C@@H]2N[C@H](C)C(=O)N1CCOCC1. The lowest BCUT2D eigenvalue weighted by Crippen LogP contribution is -2.50. The van der Waals surface area contributed by atoms with Crippen LogP contribution in [-0.4, -0.2) is 52.9 Å². The normalized spacial score (nSPS) is 23.2. The van der Waals surface area contributed by atoms with Gasteiger partial charge in [0.1, 0.15) is 0 Å². The molecule has 1 aromatic heterocycles. The summed E-state index contributed by atoms with van der Waals surface area (Å²) in [5, 5.41) is 8.00. The van der Waals surface area contributed by atoms with Gasteiger partial charge in [-0.2, -0.15) is 5.10 Å². The summed E-state index contributed by atoms with van der Waals surface area (Å²) in [6, 6.07) is 0.0723. The number of fused-ring (bicyclic) bond motifs is 1. The van der Waals surface area contributed by atoms with Crippen molar-refractivity contribution in [1.29, 1.82) is 0 Å². The van der Waals surface area contributed by atoms with E-state index < -0.39 is 0 Å². The third-order valence-electron chi connectivity index (χ3n) is 4.71. The predicted octanol–water partition coefficient (Wildman–Crippen LogP) is 1.12. The molecule has 2 aliphatic rings. The molecule has 2 heterocycles. The summed E-state index contributed by atoms with van der Waals surface area (Å²) in [6.45, 7) is 7.70. The van der Waals surface area contributed by atoms with Crippen molar-refractivity contribution in [3.63, 3.8) is 0 Å². The highest BCUT2D eigenvalue weighted by molar-refractivity contribution is 5.81. The first-order chi connectivity index (χ1) is 10.7. The Kier molecular flexibility index (Phi) is 4.78. The number of rotatable bonds is 4. The molecule has 0 spiro atoms. The highest BCUT2D eigenvalue weighted by Gasteiger charge is 2.28. The zero-order valence-corrected chi connectivity index (χ0v) is 13.5. The molecule has 6 nitrogen and oxygen atoms in total. The van der Waals surface area contributed by atoms with E-state index in [-0.39, 0.29) is 18.0 Å². The third kappa shape index (κ3) is 3.03. The Bertz CT molecular complexity index is 522. The van der Waals surface area contributed by atoms with Crippen molar-refractivity contribution in [2.75, 3.05) is 26.3 Å². The number of aryl methyl sites for hydroxylation is 1. The van der Waals surface area contributed by atoms with Crippen LogP contribution >= 0.6 is 0 Å². The number of aromatic nitrogens is 2. The van der Waals surface area contributed by atoms with Gasteiger partial charge in [0, 0.05) is 36.9 Å². The maximum absolute atomic E-state index is 12.5. The number of amides is 1. The van der Waals surface area contributed by atoms with E-state index in [4.69, 9.17) is 4.74 Å². The Morgan fingerprint density at radius 3 is 3.00 bits per heavy atom. The van der Waals surface area contributed by atoms with Gasteiger partial charge in [0.25, 0.3) is 0 Å². The number of nitrogens with one attached hydrogen (secondary N) is 1. The van der Waals surface area contributed by atoms with Gasteiger partial charge in [-0.3, -0.25) is 14.8 Å². The first kappa shape index (κ1) is 15.5. The fourth-order valence-corrected chi connectivity index (χ4v) is 3.50. The minimum absolute atomic E-state index is 0.168. The van der Waals surface area contributed by atoms with Gasteiger partial charge < -0.3 is 9.64 Å². The van der Waals surface area contributed by atoms with Crippen molar-refractivity contribution < 1.29 is 9.53 Å². The summed E-state index contributed by atoms with van der Waals surface area (Å²) in [5.74, 6) is 0.179. The van der Waals surface area contributed by atoms with Crippen LogP contribution in [0.5, 0.6) is 0 Å². The summed E-state index contributed by atoms with van der Waals surface area (Å²) < 4.78 is 7.40. The lowest BCUT2D eigenvalue weighted by molar-refractivity contribution is -0.137. The van der Waals surface area contributed by atoms with E-state index in [1.807, 2.05) is 18.0 Å². The molecule has 1 N–H and O–H groups in total. The highest BCUT2D eigenvalue weighted by Crippen LogP contribution is 2.30.